The Balaban J connectivity index is 0.000000153. The lowest BCUT2D eigenvalue weighted by atomic mass is 10.2. The Bertz CT molecular complexity index is 1100. The van der Waals surface area contributed by atoms with Gasteiger partial charge in [0.1, 0.15) is 0 Å². The zero-order valence-electron chi connectivity index (χ0n) is 14.8. The highest BCUT2D eigenvalue weighted by Gasteiger charge is 2.02. The lowest BCUT2D eigenvalue weighted by Crippen LogP contribution is -1.97. The maximum absolute atomic E-state index is 4.18. The molecule has 0 aliphatic rings. The van der Waals surface area contributed by atoms with Crippen LogP contribution in [0.3, 0.4) is 0 Å². The number of halogens is 1. The summed E-state index contributed by atoms with van der Waals surface area (Å²) >= 11 is 3.52. The molecule has 0 saturated heterocycles. The number of benzene rings is 3. The van der Waals surface area contributed by atoms with Gasteiger partial charge in [-0.1, -0.05) is 76.6 Å². The molecule has 2 aromatic heterocycles. The Morgan fingerprint density at radius 1 is 0.741 bits per heavy atom. The topological polar surface area (TPSA) is 17.8 Å². The number of aromatic nitrogens is 2. The predicted octanol–water partition coefficient (Wildman–Crippen LogP) is 6.69. The van der Waals surface area contributed by atoms with E-state index in [2.05, 4.69) is 92.3 Å². The Labute approximate surface area is 167 Å². The normalized spacial score (nSPS) is 10.6. The lowest BCUT2D eigenvalue weighted by Gasteiger charge is -2.05. The van der Waals surface area contributed by atoms with Gasteiger partial charge in [0.2, 0.25) is 0 Å². The van der Waals surface area contributed by atoms with E-state index in [9.17, 15) is 0 Å². The van der Waals surface area contributed by atoms with Crippen molar-refractivity contribution in [2.24, 2.45) is 0 Å². The summed E-state index contributed by atoms with van der Waals surface area (Å²) in [7, 11) is 0. The maximum atomic E-state index is 4.18. The number of rotatable bonds is 2. The molecular formula is C24H19BrN2. The minimum atomic E-state index is 0.917. The first kappa shape index (κ1) is 17.5. The van der Waals surface area contributed by atoms with Gasteiger partial charge < -0.3 is 4.57 Å². The number of hydrogen-bond acceptors (Lipinski definition) is 1. The summed E-state index contributed by atoms with van der Waals surface area (Å²) in [5.74, 6) is 0. The van der Waals surface area contributed by atoms with Crippen molar-refractivity contribution in [1.29, 1.82) is 0 Å². The molecule has 0 unspecified atom stereocenters. The fourth-order valence-electron chi connectivity index (χ4n) is 3.09. The third-order valence-electron chi connectivity index (χ3n) is 4.44. The van der Waals surface area contributed by atoms with Gasteiger partial charge in [-0.3, -0.25) is 4.98 Å². The standard InChI is InChI=1S/C15H12BrN.C9H7N/c16-14-7-6-13-8-9-17(15(13)10-14)11-12-4-2-1-3-5-12;1-2-6-9-8(4-1)5-3-7-10-9/h1-10H,11H2;1-7H. The highest BCUT2D eigenvalue weighted by molar-refractivity contribution is 9.10. The van der Waals surface area contributed by atoms with E-state index in [1.165, 1.54) is 21.9 Å². The largest absolute Gasteiger partial charge is 0.343 e. The van der Waals surface area contributed by atoms with Gasteiger partial charge >= 0.3 is 0 Å². The van der Waals surface area contributed by atoms with Crippen molar-refractivity contribution >= 4 is 37.7 Å². The molecule has 5 rings (SSSR count). The molecule has 2 heterocycles. The van der Waals surface area contributed by atoms with E-state index in [0.717, 1.165) is 16.5 Å². The summed E-state index contributed by atoms with van der Waals surface area (Å²) in [5, 5.41) is 2.48. The van der Waals surface area contributed by atoms with Crippen molar-refractivity contribution in [3.05, 3.63) is 113 Å². The van der Waals surface area contributed by atoms with Gasteiger partial charge in [0.05, 0.1) is 5.52 Å². The van der Waals surface area contributed by atoms with Crippen molar-refractivity contribution in [2.75, 3.05) is 0 Å². The Kier molecular flexibility index (Phi) is 5.31. The molecule has 0 atom stereocenters. The minimum absolute atomic E-state index is 0.917. The van der Waals surface area contributed by atoms with Crippen LogP contribution < -0.4 is 0 Å². The van der Waals surface area contributed by atoms with Gasteiger partial charge in [-0.2, -0.15) is 0 Å². The smallest absolute Gasteiger partial charge is 0.0701 e. The second-order valence-electron chi connectivity index (χ2n) is 6.33. The third kappa shape index (κ3) is 4.26. The second kappa shape index (κ2) is 8.19. The van der Waals surface area contributed by atoms with Crippen LogP contribution in [0.15, 0.2) is 108 Å². The van der Waals surface area contributed by atoms with Crippen LogP contribution in [0.1, 0.15) is 5.56 Å². The molecule has 3 aromatic carbocycles. The average molecular weight is 415 g/mol. The van der Waals surface area contributed by atoms with E-state index in [1.807, 2.05) is 36.5 Å². The molecule has 0 aliphatic carbocycles. The van der Waals surface area contributed by atoms with Crippen LogP contribution in [0.5, 0.6) is 0 Å². The van der Waals surface area contributed by atoms with E-state index in [-0.39, 0.29) is 0 Å². The second-order valence-corrected chi connectivity index (χ2v) is 7.24. The van der Waals surface area contributed by atoms with E-state index in [4.69, 9.17) is 0 Å². The number of nitrogens with zero attached hydrogens (tertiary/aromatic N) is 2. The lowest BCUT2D eigenvalue weighted by molar-refractivity contribution is 0.837. The summed E-state index contributed by atoms with van der Waals surface area (Å²) in [5.41, 5.74) is 3.65. The van der Waals surface area contributed by atoms with Gasteiger partial charge in [-0.15, -0.1) is 0 Å². The zero-order chi connectivity index (χ0) is 18.5. The number of para-hydroxylation sites is 1. The van der Waals surface area contributed by atoms with Gasteiger partial charge in [-0.25, -0.2) is 0 Å². The van der Waals surface area contributed by atoms with Crippen LogP contribution >= 0.6 is 15.9 Å². The Morgan fingerprint density at radius 2 is 1.52 bits per heavy atom. The average Bonchev–Trinajstić information content (AvgIpc) is 3.11. The molecule has 0 amide bonds. The van der Waals surface area contributed by atoms with Crippen LogP contribution in [-0.4, -0.2) is 9.55 Å². The molecule has 0 saturated carbocycles. The van der Waals surface area contributed by atoms with Gasteiger partial charge in [0.15, 0.2) is 0 Å². The maximum Gasteiger partial charge on any atom is 0.0701 e. The van der Waals surface area contributed by atoms with Crippen molar-refractivity contribution in [3.63, 3.8) is 0 Å². The minimum Gasteiger partial charge on any atom is -0.343 e. The number of fused-ring (bicyclic) bond motifs is 2. The van der Waals surface area contributed by atoms with Crippen molar-refractivity contribution in [1.82, 2.24) is 9.55 Å². The first-order valence-electron chi connectivity index (χ1n) is 8.88. The first-order valence-corrected chi connectivity index (χ1v) is 9.67. The molecule has 0 spiro atoms. The van der Waals surface area contributed by atoms with Gasteiger partial charge in [-0.05, 0) is 41.3 Å². The van der Waals surface area contributed by atoms with Crippen LogP contribution in [0.4, 0.5) is 0 Å². The summed E-state index contributed by atoms with van der Waals surface area (Å²) in [6, 6.07) is 31.1. The molecule has 27 heavy (non-hydrogen) atoms. The zero-order valence-corrected chi connectivity index (χ0v) is 16.4. The number of hydrogen-bond donors (Lipinski definition) is 0. The molecular weight excluding hydrogens is 396 g/mol. The summed E-state index contributed by atoms with van der Waals surface area (Å²) in [6.07, 6.45) is 3.95. The molecule has 0 fully saturated rings. The molecule has 0 radical (unpaired) electrons. The fraction of sp³-hybridized carbons (Fsp3) is 0.0417. The van der Waals surface area contributed by atoms with Gasteiger partial charge in [0, 0.05) is 34.3 Å². The highest BCUT2D eigenvalue weighted by Crippen LogP contribution is 2.21. The third-order valence-corrected chi connectivity index (χ3v) is 4.94. The van der Waals surface area contributed by atoms with E-state index in [0.29, 0.717) is 0 Å². The molecule has 132 valence electrons. The van der Waals surface area contributed by atoms with E-state index in [1.54, 1.807) is 0 Å². The SMILES string of the molecule is Brc1ccc2ccn(Cc3ccccc3)c2c1.c1ccc2ncccc2c1. The van der Waals surface area contributed by atoms with Crippen LogP contribution in [-0.2, 0) is 6.54 Å². The summed E-state index contributed by atoms with van der Waals surface area (Å²) in [4.78, 5) is 4.18. The highest BCUT2D eigenvalue weighted by atomic mass is 79.9. The fourth-order valence-corrected chi connectivity index (χ4v) is 3.44. The first-order chi connectivity index (χ1) is 13.3. The Hall–Kier alpha value is -2.91. The molecule has 0 N–H and O–H groups in total. The van der Waals surface area contributed by atoms with E-state index < -0.39 is 0 Å². The molecule has 5 aromatic rings. The summed E-state index contributed by atoms with van der Waals surface area (Å²) in [6.45, 7) is 0.917. The predicted molar refractivity (Wildman–Crippen MR) is 117 cm³/mol. The van der Waals surface area contributed by atoms with E-state index >= 15 is 0 Å². The van der Waals surface area contributed by atoms with Crippen LogP contribution in [0.25, 0.3) is 21.8 Å². The molecule has 2 nitrogen and oxygen atoms in total. The van der Waals surface area contributed by atoms with Crippen molar-refractivity contribution in [2.45, 2.75) is 6.54 Å². The monoisotopic (exact) mass is 414 g/mol. The van der Waals surface area contributed by atoms with Crippen LogP contribution in [0, 0.1) is 0 Å². The quantitative estimate of drug-likeness (QED) is 0.314. The number of pyridine rings is 1. The summed E-state index contributed by atoms with van der Waals surface area (Å²) < 4.78 is 3.40. The Morgan fingerprint density at radius 3 is 2.37 bits per heavy atom. The molecule has 0 bridgehead atoms. The molecule has 3 heteroatoms. The van der Waals surface area contributed by atoms with Crippen LogP contribution in [0.2, 0.25) is 0 Å². The van der Waals surface area contributed by atoms with Gasteiger partial charge in [0.25, 0.3) is 0 Å². The molecule has 0 aliphatic heterocycles. The van der Waals surface area contributed by atoms with Crippen molar-refractivity contribution in [3.8, 4) is 0 Å². The van der Waals surface area contributed by atoms with Crippen molar-refractivity contribution < 1.29 is 0 Å².